The van der Waals surface area contributed by atoms with Gasteiger partial charge < -0.3 is 10.2 Å². The lowest BCUT2D eigenvalue weighted by Gasteiger charge is -2.23. The highest BCUT2D eigenvalue weighted by Gasteiger charge is 2.29. The molecule has 4 nitrogen and oxygen atoms in total. The quantitative estimate of drug-likeness (QED) is 0.890. The lowest BCUT2D eigenvalue weighted by molar-refractivity contribution is 0.285. The van der Waals surface area contributed by atoms with Crippen molar-refractivity contribution < 1.29 is 8.42 Å². The molecule has 2 atom stereocenters. The lowest BCUT2D eigenvalue weighted by Crippen LogP contribution is -2.27. The molecule has 26 heavy (non-hydrogen) atoms. The van der Waals surface area contributed by atoms with E-state index in [-0.39, 0.29) is 0 Å². The number of fused-ring (bicyclic) bond motifs is 1. The van der Waals surface area contributed by atoms with E-state index in [1.807, 2.05) is 12.1 Å². The van der Waals surface area contributed by atoms with Gasteiger partial charge in [0.1, 0.15) is 0 Å². The van der Waals surface area contributed by atoms with Gasteiger partial charge in [0.15, 0.2) is 9.84 Å². The summed E-state index contributed by atoms with van der Waals surface area (Å²) in [6.45, 7) is 2.22. The molecule has 1 saturated heterocycles. The summed E-state index contributed by atoms with van der Waals surface area (Å²) < 4.78 is 23.3. The zero-order valence-corrected chi connectivity index (χ0v) is 16.2. The molecule has 1 N–H and O–H groups in total. The average molecular weight is 371 g/mol. The highest BCUT2D eigenvalue weighted by molar-refractivity contribution is 7.90. The number of hydrogen-bond acceptors (Lipinski definition) is 4. The first-order valence-electron chi connectivity index (χ1n) is 9.30. The summed E-state index contributed by atoms with van der Waals surface area (Å²) in [6.07, 6.45) is 5.05. The molecular weight excluding hydrogens is 344 g/mol. The Hall–Kier alpha value is -1.85. The Morgan fingerprint density at radius 1 is 1.12 bits per heavy atom. The highest BCUT2D eigenvalue weighted by atomic mass is 32.2. The standard InChI is InChI=1S/C21H26N2O2S/c1-23-11-3-4-18(23)12-17-14-22-21-10-7-16(13-20(17)21)15-5-8-19(9-6-15)26(2,24)25/h5-10,13,17-18,22H,3-4,11-12,14H2,1-2H3. The second kappa shape index (κ2) is 6.71. The number of likely N-dealkylation sites (tertiary alicyclic amines) is 1. The fraction of sp³-hybridized carbons (Fsp3) is 0.429. The van der Waals surface area contributed by atoms with Crippen molar-refractivity contribution in [3.8, 4) is 11.1 Å². The van der Waals surface area contributed by atoms with Crippen LogP contribution in [0, 0.1) is 0 Å². The second-order valence-electron chi connectivity index (χ2n) is 7.69. The summed E-state index contributed by atoms with van der Waals surface area (Å²) in [7, 11) is -0.917. The van der Waals surface area contributed by atoms with Gasteiger partial charge in [0.2, 0.25) is 0 Å². The molecule has 0 amide bonds. The predicted molar refractivity (Wildman–Crippen MR) is 106 cm³/mol. The number of nitrogens with zero attached hydrogens (tertiary/aromatic N) is 1. The van der Waals surface area contributed by atoms with E-state index in [0.717, 1.165) is 17.7 Å². The zero-order chi connectivity index (χ0) is 18.3. The topological polar surface area (TPSA) is 49.4 Å². The van der Waals surface area contributed by atoms with Gasteiger partial charge in [-0.15, -0.1) is 0 Å². The van der Waals surface area contributed by atoms with Gasteiger partial charge in [-0.25, -0.2) is 8.42 Å². The Labute approximate surface area is 156 Å². The van der Waals surface area contributed by atoms with Gasteiger partial charge in [0.25, 0.3) is 0 Å². The maximum absolute atomic E-state index is 11.7. The van der Waals surface area contributed by atoms with Crippen LogP contribution in [0.2, 0.25) is 0 Å². The molecule has 0 bridgehead atoms. The molecule has 2 aromatic carbocycles. The van der Waals surface area contributed by atoms with Gasteiger partial charge in [0, 0.05) is 30.4 Å². The first kappa shape index (κ1) is 17.6. The van der Waals surface area contributed by atoms with Crippen LogP contribution in [0.4, 0.5) is 5.69 Å². The van der Waals surface area contributed by atoms with Crippen molar-refractivity contribution in [3.63, 3.8) is 0 Å². The first-order chi connectivity index (χ1) is 12.4. The number of sulfone groups is 1. The molecule has 0 aliphatic carbocycles. The molecule has 0 aromatic heterocycles. The summed E-state index contributed by atoms with van der Waals surface area (Å²) in [5, 5.41) is 3.55. The van der Waals surface area contributed by atoms with E-state index < -0.39 is 9.84 Å². The molecule has 2 heterocycles. The fourth-order valence-corrected chi connectivity index (χ4v) is 4.92. The number of benzene rings is 2. The molecule has 2 aromatic rings. The summed E-state index contributed by atoms with van der Waals surface area (Å²) in [4.78, 5) is 2.86. The summed E-state index contributed by atoms with van der Waals surface area (Å²) >= 11 is 0. The number of hydrogen-bond donors (Lipinski definition) is 1. The average Bonchev–Trinajstić information content (AvgIpc) is 3.21. The number of nitrogens with one attached hydrogen (secondary N) is 1. The van der Waals surface area contributed by atoms with Crippen LogP contribution >= 0.6 is 0 Å². The summed E-state index contributed by atoms with van der Waals surface area (Å²) in [6, 6.07) is 14.4. The third-order valence-corrected chi connectivity index (χ3v) is 7.00. The van der Waals surface area contributed by atoms with Crippen molar-refractivity contribution in [1.29, 1.82) is 0 Å². The summed E-state index contributed by atoms with van der Waals surface area (Å²) in [5.74, 6) is 0.547. The lowest BCUT2D eigenvalue weighted by atomic mass is 9.91. The molecule has 1 fully saturated rings. The van der Waals surface area contributed by atoms with Gasteiger partial charge in [-0.1, -0.05) is 18.2 Å². The van der Waals surface area contributed by atoms with Crippen molar-refractivity contribution in [1.82, 2.24) is 4.90 Å². The van der Waals surface area contributed by atoms with E-state index in [2.05, 4.69) is 35.5 Å². The van der Waals surface area contributed by atoms with E-state index in [4.69, 9.17) is 0 Å². The molecule has 2 aliphatic heterocycles. The Kier molecular flexibility index (Phi) is 4.53. The van der Waals surface area contributed by atoms with Crippen molar-refractivity contribution in [2.75, 3.05) is 31.7 Å². The Balaban J connectivity index is 1.59. The fourth-order valence-electron chi connectivity index (χ4n) is 4.29. The molecule has 138 valence electrons. The summed E-state index contributed by atoms with van der Waals surface area (Å²) in [5.41, 5.74) is 4.85. The minimum Gasteiger partial charge on any atom is -0.384 e. The first-order valence-corrected chi connectivity index (χ1v) is 11.2. The maximum atomic E-state index is 11.7. The normalized spacial score (nSPS) is 23.0. The Morgan fingerprint density at radius 3 is 2.50 bits per heavy atom. The Morgan fingerprint density at radius 2 is 1.85 bits per heavy atom. The van der Waals surface area contributed by atoms with E-state index in [1.165, 1.54) is 43.3 Å². The van der Waals surface area contributed by atoms with Crippen molar-refractivity contribution in [2.24, 2.45) is 0 Å². The van der Waals surface area contributed by atoms with Crippen LogP contribution in [0.5, 0.6) is 0 Å². The van der Waals surface area contributed by atoms with E-state index in [0.29, 0.717) is 16.9 Å². The van der Waals surface area contributed by atoms with Crippen molar-refractivity contribution >= 4 is 15.5 Å². The Bertz CT molecular complexity index is 906. The molecule has 0 saturated carbocycles. The van der Waals surface area contributed by atoms with Gasteiger partial charge in [0.05, 0.1) is 4.90 Å². The van der Waals surface area contributed by atoms with Crippen molar-refractivity contribution in [2.45, 2.75) is 36.1 Å². The monoisotopic (exact) mass is 370 g/mol. The van der Waals surface area contributed by atoms with Crippen LogP contribution < -0.4 is 5.32 Å². The van der Waals surface area contributed by atoms with E-state index in [1.54, 1.807) is 12.1 Å². The van der Waals surface area contributed by atoms with Crippen LogP contribution in [0.1, 0.15) is 30.7 Å². The molecular formula is C21H26N2O2S. The second-order valence-corrected chi connectivity index (χ2v) is 9.70. The van der Waals surface area contributed by atoms with Crippen LogP contribution in [0.3, 0.4) is 0 Å². The molecule has 0 radical (unpaired) electrons. The smallest absolute Gasteiger partial charge is 0.175 e. The molecule has 4 rings (SSSR count). The molecule has 2 aliphatic rings. The SMILES string of the molecule is CN1CCCC1CC1CNc2ccc(-c3ccc(S(C)(=O)=O)cc3)cc21. The highest BCUT2D eigenvalue weighted by Crippen LogP contribution is 2.39. The zero-order valence-electron chi connectivity index (χ0n) is 15.4. The van der Waals surface area contributed by atoms with E-state index >= 15 is 0 Å². The minimum atomic E-state index is -3.15. The third-order valence-electron chi connectivity index (χ3n) is 5.87. The van der Waals surface area contributed by atoms with Crippen LogP contribution in [0.15, 0.2) is 47.4 Å². The maximum Gasteiger partial charge on any atom is 0.175 e. The predicted octanol–water partition coefficient (Wildman–Crippen LogP) is 3.75. The van der Waals surface area contributed by atoms with Crippen LogP contribution in [-0.2, 0) is 9.84 Å². The molecule has 5 heteroatoms. The van der Waals surface area contributed by atoms with Crippen LogP contribution in [-0.4, -0.2) is 45.8 Å². The minimum absolute atomic E-state index is 0.367. The largest absolute Gasteiger partial charge is 0.384 e. The third kappa shape index (κ3) is 3.38. The number of rotatable bonds is 4. The molecule has 0 spiro atoms. The van der Waals surface area contributed by atoms with Crippen molar-refractivity contribution in [3.05, 3.63) is 48.0 Å². The van der Waals surface area contributed by atoms with E-state index in [9.17, 15) is 8.42 Å². The van der Waals surface area contributed by atoms with Gasteiger partial charge in [-0.05, 0) is 73.8 Å². The molecule has 2 unspecified atom stereocenters. The van der Waals surface area contributed by atoms with Gasteiger partial charge in [-0.3, -0.25) is 0 Å². The van der Waals surface area contributed by atoms with Crippen LogP contribution in [0.25, 0.3) is 11.1 Å². The van der Waals surface area contributed by atoms with Gasteiger partial charge in [-0.2, -0.15) is 0 Å². The van der Waals surface area contributed by atoms with Gasteiger partial charge >= 0.3 is 0 Å². The number of anilines is 1.